The number of nitrogens with one attached hydrogen (secondary N) is 1. The van der Waals surface area contributed by atoms with Crippen molar-refractivity contribution in [3.8, 4) is 18.1 Å². The van der Waals surface area contributed by atoms with Crippen molar-refractivity contribution in [3.05, 3.63) is 23.8 Å². The van der Waals surface area contributed by atoms with Crippen LogP contribution in [0, 0.1) is 18.3 Å². The predicted octanol–water partition coefficient (Wildman–Crippen LogP) is 2.91. The molecule has 2 N–H and O–H groups in total. The average molecular weight is 272 g/mol. The molecule has 0 heterocycles. The summed E-state index contributed by atoms with van der Waals surface area (Å²) in [5.41, 5.74) is 1.95. The molecule has 1 fully saturated rings. The summed E-state index contributed by atoms with van der Waals surface area (Å²) in [4.78, 5) is 2.18. The van der Waals surface area contributed by atoms with Crippen molar-refractivity contribution in [2.75, 3.05) is 24.5 Å². The van der Waals surface area contributed by atoms with E-state index in [1.165, 1.54) is 12.8 Å². The van der Waals surface area contributed by atoms with Crippen molar-refractivity contribution in [2.24, 2.45) is 5.92 Å². The number of terminal acetylenes is 1. The minimum Gasteiger partial charge on any atom is -0.508 e. The summed E-state index contributed by atoms with van der Waals surface area (Å²) in [6.45, 7) is 6.59. The molecular weight excluding hydrogens is 248 g/mol. The molecule has 1 saturated carbocycles. The Balaban J connectivity index is 2.15. The molecule has 2 rings (SSSR count). The Hall–Kier alpha value is -1.66. The minimum absolute atomic E-state index is 0.151. The van der Waals surface area contributed by atoms with Gasteiger partial charge in [-0.05, 0) is 38.3 Å². The van der Waals surface area contributed by atoms with E-state index in [-0.39, 0.29) is 6.04 Å². The van der Waals surface area contributed by atoms with Crippen LogP contribution in [0.5, 0.6) is 5.75 Å². The van der Waals surface area contributed by atoms with Crippen LogP contribution < -0.4 is 10.2 Å². The average Bonchev–Trinajstić information content (AvgIpc) is 3.22. The van der Waals surface area contributed by atoms with Gasteiger partial charge in [-0.3, -0.25) is 0 Å². The van der Waals surface area contributed by atoms with Crippen molar-refractivity contribution in [3.63, 3.8) is 0 Å². The van der Waals surface area contributed by atoms with E-state index in [1.807, 2.05) is 12.1 Å². The van der Waals surface area contributed by atoms with E-state index in [9.17, 15) is 5.11 Å². The Bertz CT molecular complexity index is 488. The van der Waals surface area contributed by atoms with Crippen LogP contribution in [0.4, 0.5) is 5.69 Å². The van der Waals surface area contributed by atoms with Gasteiger partial charge in [0, 0.05) is 29.9 Å². The summed E-state index contributed by atoms with van der Waals surface area (Å²) in [6, 6.07) is 6.04. The lowest BCUT2D eigenvalue weighted by Crippen LogP contribution is -2.26. The highest BCUT2D eigenvalue weighted by Gasteiger charge is 2.24. The molecule has 0 bridgehead atoms. The molecule has 1 atom stereocenters. The second-order valence-electron chi connectivity index (χ2n) is 5.55. The van der Waals surface area contributed by atoms with Crippen LogP contribution in [0.25, 0.3) is 0 Å². The van der Waals surface area contributed by atoms with Crippen LogP contribution in [-0.4, -0.2) is 24.7 Å². The van der Waals surface area contributed by atoms with Crippen molar-refractivity contribution in [1.82, 2.24) is 5.32 Å². The van der Waals surface area contributed by atoms with Gasteiger partial charge in [0.2, 0.25) is 0 Å². The first-order valence-corrected chi connectivity index (χ1v) is 7.40. The van der Waals surface area contributed by atoms with Crippen molar-refractivity contribution < 1.29 is 5.11 Å². The fourth-order valence-corrected chi connectivity index (χ4v) is 2.49. The van der Waals surface area contributed by atoms with E-state index in [4.69, 9.17) is 6.42 Å². The van der Waals surface area contributed by atoms with Gasteiger partial charge in [-0.15, -0.1) is 6.42 Å². The summed E-state index contributed by atoms with van der Waals surface area (Å²) in [5.74, 6) is 3.82. The van der Waals surface area contributed by atoms with Gasteiger partial charge in [0.1, 0.15) is 5.75 Å². The monoisotopic (exact) mass is 272 g/mol. The highest BCUT2D eigenvalue weighted by molar-refractivity contribution is 5.55. The first kappa shape index (κ1) is 14.7. The van der Waals surface area contributed by atoms with Crippen molar-refractivity contribution in [1.29, 1.82) is 0 Å². The Morgan fingerprint density at radius 2 is 2.25 bits per heavy atom. The molecule has 1 aliphatic rings. The Morgan fingerprint density at radius 3 is 2.80 bits per heavy atom. The first-order valence-electron chi connectivity index (χ1n) is 7.40. The van der Waals surface area contributed by atoms with Crippen LogP contribution in [0.1, 0.15) is 38.3 Å². The third kappa shape index (κ3) is 3.68. The highest BCUT2D eigenvalue weighted by Crippen LogP contribution is 2.33. The summed E-state index contributed by atoms with van der Waals surface area (Å²) < 4.78 is 0. The zero-order valence-electron chi connectivity index (χ0n) is 12.4. The molecule has 0 saturated heterocycles. The molecule has 3 nitrogen and oxygen atoms in total. The van der Waals surface area contributed by atoms with Crippen LogP contribution in [-0.2, 0) is 0 Å². The van der Waals surface area contributed by atoms with Crippen LogP contribution >= 0.6 is 0 Å². The van der Waals surface area contributed by atoms with Crippen LogP contribution in [0.15, 0.2) is 18.2 Å². The highest BCUT2D eigenvalue weighted by atomic mass is 16.3. The van der Waals surface area contributed by atoms with Gasteiger partial charge in [-0.25, -0.2) is 0 Å². The molecule has 0 radical (unpaired) electrons. The van der Waals surface area contributed by atoms with Gasteiger partial charge in [-0.2, -0.15) is 0 Å². The maximum atomic E-state index is 10.2. The molecule has 1 unspecified atom stereocenters. The summed E-state index contributed by atoms with van der Waals surface area (Å²) in [6.07, 6.45) is 8.04. The Kier molecular flexibility index (Phi) is 4.92. The smallest absolute Gasteiger partial charge is 0.122 e. The first-order chi connectivity index (χ1) is 9.65. The number of hydrogen-bond donors (Lipinski definition) is 2. The van der Waals surface area contributed by atoms with Gasteiger partial charge in [0.25, 0.3) is 0 Å². The number of phenols is 1. The summed E-state index contributed by atoms with van der Waals surface area (Å²) >= 11 is 0. The lowest BCUT2D eigenvalue weighted by molar-refractivity contribution is 0.454. The summed E-state index contributed by atoms with van der Waals surface area (Å²) in [5, 5.41) is 13.5. The van der Waals surface area contributed by atoms with Gasteiger partial charge in [-0.1, -0.05) is 18.9 Å². The third-order valence-electron chi connectivity index (χ3n) is 3.81. The number of anilines is 1. The molecule has 1 aliphatic carbocycles. The zero-order chi connectivity index (χ0) is 14.5. The molecule has 108 valence electrons. The number of aromatic hydroxyl groups is 1. The molecule has 0 amide bonds. The number of benzene rings is 1. The predicted molar refractivity (Wildman–Crippen MR) is 84.0 cm³/mol. The van der Waals surface area contributed by atoms with E-state index in [0.717, 1.165) is 30.3 Å². The molecule has 0 aliphatic heterocycles. The van der Waals surface area contributed by atoms with Gasteiger partial charge >= 0.3 is 0 Å². The molecule has 0 aromatic heterocycles. The van der Waals surface area contributed by atoms with Crippen molar-refractivity contribution >= 4 is 5.69 Å². The van der Waals surface area contributed by atoms with Crippen molar-refractivity contribution in [2.45, 2.75) is 32.7 Å². The minimum atomic E-state index is 0.151. The fourth-order valence-electron chi connectivity index (χ4n) is 2.49. The molecule has 3 heteroatoms. The summed E-state index contributed by atoms with van der Waals surface area (Å²) in [7, 11) is 0. The van der Waals surface area contributed by atoms with Crippen LogP contribution in [0.3, 0.4) is 0 Å². The lowest BCUT2D eigenvalue weighted by atomic mass is 10.1. The molecule has 1 aromatic carbocycles. The van der Waals surface area contributed by atoms with Gasteiger partial charge in [0.05, 0.1) is 6.54 Å². The molecule has 20 heavy (non-hydrogen) atoms. The number of nitrogens with zero attached hydrogens (tertiary/aromatic N) is 1. The van der Waals surface area contributed by atoms with Gasteiger partial charge < -0.3 is 15.3 Å². The number of rotatable bonds is 7. The second kappa shape index (κ2) is 6.67. The molecule has 0 spiro atoms. The van der Waals surface area contributed by atoms with E-state index in [1.54, 1.807) is 0 Å². The maximum Gasteiger partial charge on any atom is 0.122 e. The number of hydrogen-bond acceptors (Lipinski definition) is 3. The largest absolute Gasteiger partial charge is 0.508 e. The molecular formula is C17H24N2O. The maximum absolute atomic E-state index is 10.2. The fraction of sp³-hybridized carbons (Fsp3) is 0.529. The second-order valence-corrected chi connectivity index (χ2v) is 5.55. The number of phenolic OH excluding ortho intramolecular Hbond substituents is 1. The van der Waals surface area contributed by atoms with Crippen LogP contribution in [0.2, 0.25) is 0 Å². The van der Waals surface area contributed by atoms with Gasteiger partial charge in [0.15, 0.2) is 0 Å². The standard InChI is InChI=1S/C17H24N2O/c1-4-10-19(12-14-6-7-14)15-8-9-16(17(20)11-15)13(3)18-5-2/h1,8-9,11,13-14,18,20H,5-7,10,12H2,2-3H3. The topological polar surface area (TPSA) is 35.5 Å². The Labute approximate surface area is 122 Å². The normalized spacial score (nSPS) is 15.7. The van der Waals surface area contributed by atoms with E-state index in [0.29, 0.717) is 12.3 Å². The van der Waals surface area contributed by atoms with E-state index >= 15 is 0 Å². The quantitative estimate of drug-likeness (QED) is 0.749. The SMILES string of the molecule is C#CCN(CC1CC1)c1ccc(C(C)NCC)c(O)c1. The molecule has 1 aromatic rings. The van der Waals surface area contributed by atoms with E-state index in [2.05, 4.69) is 36.1 Å². The lowest BCUT2D eigenvalue weighted by Gasteiger charge is -2.24. The third-order valence-corrected chi connectivity index (χ3v) is 3.81. The zero-order valence-corrected chi connectivity index (χ0v) is 12.4. The Morgan fingerprint density at radius 1 is 1.50 bits per heavy atom. The van der Waals surface area contributed by atoms with E-state index < -0.39 is 0 Å².